The number of amides is 1. The number of anilines is 2. The number of aryl methyl sites for hydroxylation is 2. The van der Waals surface area contributed by atoms with Gasteiger partial charge in [0.1, 0.15) is 12.3 Å². The van der Waals surface area contributed by atoms with E-state index in [1.165, 1.54) is 12.0 Å². The lowest BCUT2D eigenvalue weighted by Gasteiger charge is -2.24. The highest BCUT2D eigenvalue weighted by Crippen LogP contribution is 2.28. The second-order valence-corrected chi connectivity index (χ2v) is 11.7. The first-order valence-electron chi connectivity index (χ1n) is 12.1. The van der Waals surface area contributed by atoms with Gasteiger partial charge >= 0.3 is 0 Å². The Morgan fingerprint density at radius 3 is 2.32 bits per heavy atom. The predicted molar refractivity (Wildman–Crippen MR) is 155 cm³/mol. The first-order chi connectivity index (χ1) is 18.3. The van der Waals surface area contributed by atoms with Crippen LogP contribution in [0.5, 0.6) is 5.75 Å². The second kappa shape index (κ2) is 12.2. The van der Waals surface area contributed by atoms with Crippen molar-refractivity contribution in [2.45, 2.75) is 29.4 Å². The van der Waals surface area contributed by atoms with Crippen molar-refractivity contribution >= 4 is 39.1 Å². The monoisotopic (exact) mass is 546 g/mol. The van der Waals surface area contributed by atoms with Gasteiger partial charge in [-0.3, -0.25) is 9.10 Å². The van der Waals surface area contributed by atoms with Crippen molar-refractivity contribution in [1.29, 1.82) is 0 Å². The first-order valence-corrected chi connectivity index (χ1v) is 14.5. The molecule has 4 aromatic carbocycles. The molecule has 38 heavy (non-hydrogen) atoms. The number of hydrogen-bond donors (Lipinski definition) is 1. The molecular formula is C30H30N2O4S2. The third-order valence-corrected chi connectivity index (χ3v) is 8.82. The van der Waals surface area contributed by atoms with Crippen LogP contribution in [0.15, 0.2) is 107 Å². The van der Waals surface area contributed by atoms with E-state index in [1.54, 1.807) is 60.3 Å². The number of carbonyl (C=O) groups is 1. The largest absolute Gasteiger partial charge is 0.497 e. The van der Waals surface area contributed by atoms with Gasteiger partial charge in [-0.1, -0.05) is 54.1 Å². The number of sulfonamides is 1. The summed E-state index contributed by atoms with van der Waals surface area (Å²) in [5.41, 5.74) is 3.95. The average molecular weight is 547 g/mol. The van der Waals surface area contributed by atoms with Gasteiger partial charge in [0.25, 0.3) is 10.0 Å². The summed E-state index contributed by atoms with van der Waals surface area (Å²) >= 11 is 1.74. The van der Waals surface area contributed by atoms with Crippen LogP contribution in [-0.2, 0) is 20.6 Å². The molecule has 0 heterocycles. The van der Waals surface area contributed by atoms with Crippen molar-refractivity contribution in [2.75, 3.05) is 23.3 Å². The van der Waals surface area contributed by atoms with Crippen molar-refractivity contribution in [3.8, 4) is 5.75 Å². The summed E-state index contributed by atoms with van der Waals surface area (Å²) in [5.74, 6) is 0.849. The molecule has 0 fully saturated rings. The van der Waals surface area contributed by atoms with Crippen LogP contribution in [0.3, 0.4) is 0 Å². The van der Waals surface area contributed by atoms with E-state index in [2.05, 4.69) is 17.4 Å². The van der Waals surface area contributed by atoms with Crippen LogP contribution < -0.4 is 14.4 Å². The number of hydrogen-bond acceptors (Lipinski definition) is 5. The summed E-state index contributed by atoms with van der Waals surface area (Å²) in [5, 5.41) is 2.89. The summed E-state index contributed by atoms with van der Waals surface area (Å²) in [6.07, 6.45) is 0. The Morgan fingerprint density at radius 1 is 0.895 bits per heavy atom. The van der Waals surface area contributed by atoms with Gasteiger partial charge in [0.15, 0.2) is 0 Å². The molecular weight excluding hydrogens is 516 g/mol. The summed E-state index contributed by atoms with van der Waals surface area (Å²) < 4.78 is 33.7. The maximum Gasteiger partial charge on any atom is 0.264 e. The SMILES string of the molecule is COc1cccc(N(CC(=O)Nc2ccc(CSc3ccccc3)cc2C)S(=O)(=O)c2ccc(C)cc2)c1. The number of nitrogens with one attached hydrogen (secondary N) is 1. The minimum absolute atomic E-state index is 0.107. The van der Waals surface area contributed by atoms with Crippen molar-refractivity contribution in [1.82, 2.24) is 0 Å². The van der Waals surface area contributed by atoms with Crippen molar-refractivity contribution in [3.05, 3.63) is 114 Å². The Morgan fingerprint density at radius 2 is 1.63 bits per heavy atom. The van der Waals surface area contributed by atoms with E-state index in [0.29, 0.717) is 17.1 Å². The van der Waals surface area contributed by atoms with Crippen LogP contribution in [0.2, 0.25) is 0 Å². The highest BCUT2D eigenvalue weighted by molar-refractivity contribution is 7.98. The minimum atomic E-state index is -4.02. The Hall–Kier alpha value is -3.75. The van der Waals surface area contributed by atoms with Gasteiger partial charge < -0.3 is 10.1 Å². The van der Waals surface area contributed by atoms with E-state index in [1.807, 2.05) is 50.2 Å². The van der Waals surface area contributed by atoms with Crippen LogP contribution in [0, 0.1) is 13.8 Å². The van der Waals surface area contributed by atoms with Gasteiger partial charge in [0.2, 0.25) is 5.91 Å². The smallest absolute Gasteiger partial charge is 0.264 e. The summed E-state index contributed by atoms with van der Waals surface area (Å²) in [7, 11) is -2.51. The molecule has 8 heteroatoms. The predicted octanol–water partition coefficient (Wildman–Crippen LogP) is 6.44. The number of nitrogens with zero attached hydrogens (tertiary/aromatic N) is 1. The fraction of sp³-hybridized carbons (Fsp3) is 0.167. The lowest BCUT2D eigenvalue weighted by atomic mass is 10.1. The molecule has 1 amide bonds. The number of carbonyl (C=O) groups excluding carboxylic acids is 1. The lowest BCUT2D eigenvalue weighted by molar-refractivity contribution is -0.114. The highest BCUT2D eigenvalue weighted by atomic mass is 32.2. The molecule has 4 aromatic rings. The number of thioether (sulfide) groups is 1. The Labute approximate surface area is 228 Å². The molecule has 0 aliphatic heterocycles. The summed E-state index contributed by atoms with van der Waals surface area (Å²) in [6, 6.07) is 29.3. The fourth-order valence-corrected chi connectivity index (χ4v) is 6.15. The summed E-state index contributed by atoms with van der Waals surface area (Å²) in [4.78, 5) is 14.5. The van der Waals surface area contributed by atoms with E-state index in [-0.39, 0.29) is 4.90 Å². The first kappa shape index (κ1) is 27.3. The van der Waals surface area contributed by atoms with Gasteiger partial charge in [-0.25, -0.2) is 8.42 Å². The third-order valence-electron chi connectivity index (χ3n) is 5.95. The zero-order chi connectivity index (χ0) is 27.1. The lowest BCUT2D eigenvalue weighted by Crippen LogP contribution is -2.38. The van der Waals surface area contributed by atoms with Crippen molar-refractivity contribution in [3.63, 3.8) is 0 Å². The molecule has 0 spiro atoms. The van der Waals surface area contributed by atoms with Gasteiger partial charge in [-0.15, -0.1) is 11.8 Å². The molecule has 0 saturated heterocycles. The zero-order valence-electron chi connectivity index (χ0n) is 21.5. The molecule has 0 saturated carbocycles. The standard InChI is InChI=1S/C30H30N2O4S2/c1-22-12-15-28(16-13-22)38(34,35)32(25-8-7-9-26(19-25)36-3)20-30(33)31-29-17-14-24(18-23(29)2)21-37-27-10-5-4-6-11-27/h4-19H,20-21H2,1-3H3,(H,31,33). The molecule has 0 unspecified atom stereocenters. The van der Waals surface area contributed by atoms with Crippen LogP contribution >= 0.6 is 11.8 Å². The number of benzene rings is 4. The minimum Gasteiger partial charge on any atom is -0.497 e. The topological polar surface area (TPSA) is 75.7 Å². The Balaban J connectivity index is 1.53. The maximum atomic E-state index is 13.6. The molecule has 1 N–H and O–H groups in total. The number of methoxy groups -OCH3 is 1. The normalized spacial score (nSPS) is 11.1. The zero-order valence-corrected chi connectivity index (χ0v) is 23.2. The van der Waals surface area contributed by atoms with E-state index in [9.17, 15) is 13.2 Å². The fourth-order valence-electron chi connectivity index (χ4n) is 3.88. The molecule has 0 aliphatic carbocycles. The number of rotatable bonds is 10. The number of ether oxygens (including phenoxy) is 1. The summed E-state index contributed by atoms with van der Waals surface area (Å²) in [6.45, 7) is 3.42. The van der Waals surface area contributed by atoms with Gasteiger partial charge in [0, 0.05) is 22.4 Å². The van der Waals surface area contributed by atoms with E-state index in [0.717, 1.165) is 26.7 Å². The molecule has 0 radical (unpaired) electrons. The molecule has 196 valence electrons. The molecule has 0 aliphatic rings. The third kappa shape index (κ3) is 6.76. The van der Waals surface area contributed by atoms with Crippen molar-refractivity contribution < 1.29 is 17.9 Å². The van der Waals surface area contributed by atoms with Gasteiger partial charge in [-0.05, 0) is 67.4 Å². The molecule has 0 bridgehead atoms. The highest BCUT2D eigenvalue weighted by Gasteiger charge is 2.27. The van der Waals surface area contributed by atoms with Crippen molar-refractivity contribution in [2.24, 2.45) is 0 Å². The molecule has 6 nitrogen and oxygen atoms in total. The molecule has 0 atom stereocenters. The maximum absolute atomic E-state index is 13.6. The molecule has 0 aromatic heterocycles. The van der Waals surface area contributed by atoms with Gasteiger partial charge in [-0.2, -0.15) is 0 Å². The van der Waals surface area contributed by atoms with E-state index >= 15 is 0 Å². The second-order valence-electron chi connectivity index (χ2n) is 8.83. The average Bonchev–Trinajstić information content (AvgIpc) is 2.92. The Bertz CT molecular complexity index is 1510. The van der Waals surface area contributed by atoms with E-state index in [4.69, 9.17) is 4.74 Å². The van der Waals surface area contributed by atoms with Crippen LogP contribution in [0.25, 0.3) is 0 Å². The van der Waals surface area contributed by atoms with E-state index < -0.39 is 22.5 Å². The van der Waals surface area contributed by atoms with Crippen LogP contribution in [0.4, 0.5) is 11.4 Å². The Kier molecular flexibility index (Phi) is 8.76. The van der Waals surface area contributed by atoms with Gasteiger partial charge in [0.05, 0.1) is 17.7 Å². The van der Waals surface area contributed by atoms with Crippen LogP contribution in [0.1, 0.15) is 16.7 Å². The molecule has 4 rings (SSSR count). The van der Waals surface area contributed by atoms with Crippen LogP contribution in [-0.4, -0.2) is 28.0 Å². The quantitative estimate of drug-likeness (QED) is 0.232.